The molecule has 0 bridgehead atoms. The highest BCUT2D eigenvalue weighted by Crippen LogP contribution is 2.17. The first-order chi connectivity index (χ1) is 12.4. The molecule has 8 heteroatoms. The van der Waals surface area contributed by atoms with E-state index in [1.807, 2.05) is 32.2 Å². The van der Waals surface area contributed by atoms with Crippen molar-refractivity contribution in [3.8, 4) is 0 Å². The summed E-state index contributed by atoms with van der Waals surface area (Å²) in [6, 6.07) is 8.30. The molecule has 0 aliphatic rings. The van der Waals surface area contributed by atoms with Crippen LogP contribution in [0, 0.1) is 0 Å². The largest absolute Gasteiger partial charge is 0.340 e. The van der Waals surface area contributed by atoms with Gasteiger partial charge in [0.05, 0.1) is 5.56 Å². The summed E-state index contributed by atoms with van der Waals surface area (Å²) < 4.78 is 0.690. The summed E-state index contributed by atoms with van der Waals surface area (Å²) in [6.45, 7) is 4.08. The van der Waals surface area contributed by atoms with E-state index in [4.69, 9.17) is 0 Å². The van der Waals surface area contributed by atoms with Gasteiger partial charge in [-0.3, -0.25) is 14.7 Å². The monoisotopic (exact) mass is 438 g/mol. The van der Waals surface area contributed by atoms with Crippen LogP contribution in [-0.2, 0) is 4.79 Å². The summed E-state index contributed by atoms with van der Waals surface area (Å²) in [5.41, 5.74) is 1.44. The number of rotatable bonds is 8. The van der Waals surface area contributed by atoms with Gasteiger partial charge >= 0.3 is 0 Å². The Balaban J connectivity index is 2.08. The third-order valence-corrected chi connectivity index (χ3v) is 5.16. The number of aromatic amines is 1. The number of amides is 2. The van der Waals surface area contributed by atoms with E-state index in [1.54, 1.807) is 30.0 Å². The maximum Gasteiger partial charge on any atom is 0.253 e. The van der Waals surface area contributed by atoms with E-state index in [0.29, 0.717) is 22.3 Å². The van der Waals surface area contributed by atoms with Gasteiger partial charge in [0.2, 0.25) is 5.91 Å². The zero-order valence-corrected chi connectivity index (χ0v) is 17.4. The average molecular weight is 439 g/mol. The smallest absolute Gasteiger partial charge is 0.253 e. The van der Waals surface area contributed by atoms with Crippen LogP contribution < -0.4 is 10.6 Å². The van der Waals surface area contributed by atoms with E-state index < -0.39 is 6.04 Å². The normalized spacial score (nSPS) is 12.0. The lowest BCUT2D eigenvalue weighted by Gasteiger charge is -2.18. The molecule has 0 spiro atoms. The standard InChI is InChI=1S/C18H23BrN4O2S/c1-11(2)15-10-16(23-22-15)21-18(25)14(8-9-26-3)20-17(24)12-6-4-5-7-13(12)19/h4-7,10-11,14H,8-9H2,1-3H3,(H,20,24)(H2,21,22,23,25). The molecule has 0 aliphatic carbocycles. The molecule has 2 rings (SSSR count). The minimum atomic E-state index is -0.638. The molecule has 1 heterocycles. The maximum atomic E-state index is 12.6. The van der Waals surface area contributed by atoms with Crippen LogP contribution in [0.15, 0.2) is 34.8 Å². The first kappa shape index (κ1) is 20.5. The third kappa shape index (κ3) is 5.60. The topological polar surface area (TPSA) is 86.9 Å². The summed E-state index contributed by atoms with van der Waals surface area (Å²) in [5.74, 6) is 0.940. The Labute approximate surface area is 166 Å². The molecule has 2 aromatic rings. The molecule has 1 atom stereocenters. The van der Waals surface area contributed by atoms with Crippen molar-refractivity contribution >= 4 is 45.3 Å². The summed E-state index contributed by atoms with van der Waals surface area (Å²) in [5, 5.41) is 12.6. The fourth-order valence-corrected chi connectivity index (χ4v) is 3.23. The number of nitrogens with zero attached hydrogens (tertiary/aromatic N) is 1. The number of aromatic nitrogens is 2. The summed E-state index contributed by atoms with van der Waals surface area (Å²) >= 11 is 4.99. The molecule has 3 N–H and O–H groups in total. The van der Waals surface area contributed by atoms with Crippen LogP contribution in [-0.4, -0.2) is 40.1 Å². The Morgan fingerprint density at radius 1 is 1.31 bits per heavy atom. The van der Waals surface area contributed by atoms with E-state index in [-0.39, 0.29) is 17.7 Å². The van der Waals surface area contributed by atoms with Gasteiger partial charge in [-0.2, -0.15) is 16.9 Å². The number of halogens is 1. The van der Waals surface area contributed by atoms with Crippen molar-refractivity contribution in [1.82, 2.24) is 15.5 Å². The van der Waals surface area contributed by atoms with Crippen molar-refractivity contribution in [3.05, 3.63) is 46.1 Å². The summed E-state index contributed by atoms with van der Waals surface area (Å²) in [7, 11) is 0. The van der Waals surface area contributed by atoms with Gasteiger partial charge < -0.3 is 10.6 Å². The molecule has 0 saturated heterocycles. The fourth-order valence-electron chi connectivity index (χ4n) is 2.30. The molecule has 26 heavy (non-hydrogen) atoms. The predicted octanol–water partition coefficient (Wildman–Crippen LogP) is 3.79. The predicted molar refractivity (Wildman–Crippen MR) is 110 cm³/mol. The number of anilines is 1. The number of carbonyl (C=O) groups is 2. The first-order valence-electron chi connectivity index (χ1n) is 8.33. The molecule has 0 saturated carbocycles. The van der Waals surface area contributed by atoms with Crippen molar-refractivity contribution in [2.75, 3.05) is 17.3 Å². The lowest BCUT2D eigenvalue weighted by molar-refractivity contribution is -0.118. The van der Waals surface area contributed by atoms with Gasteiger partial charge in [0.25, 0.3) is 5.91 Å². The number of thioether (sulfide) groups is 1. The lowest BCUT2D eigenvalue weighted by Crippen LogP contribution is -2.44. The zero-order valence-electron chi connectivity index (χ0n) is 15.0. The SMILES string of the molecule is CSCCC(NC(=O)c1ccccc1Br)C(=O)Nc1cc(C(C)C)[nH]n1. The van der Waals surface area contributed by atoms with Crippen LogP contribution in [0.5, 0.6) is 0 Å². The number of carbonyl (C=O) groups excluding carboxylic acids is 2. The second-order valence-corrected chi connectivity index (χ2v) is 7.98. The highest BCUT2D eigenvalue weighted by Gasteiger charge is 2.23. The van der Waals surface area contributed by atoms with Gasteiger partial charge in [0, 0.05) is 16.2 Å². The Morgan fingerprint density at radius 3 is 2.65 bits per heavy atom. The number of hydrogen-bond acceptors (Lipinski definition) is 4. The number of benzene rings is 1. The van der Waals surface area contributed by atoms with Gasteiger partial charge in [-0.1, -0.05) is 26.0 Å². The fraction of sp³-hybridized carbons (Fsp3) is 0.389. The van der Waals surface area contributed by atoms with E-state index in [1.165, 1.54) is 0 Å². The minimum Gasteiger partial charge on any atom is -0.340 e. The molecule has 6 nitrogen and oxygen atoms in total. The minimum absolute atomic E-state index is 0.277. The van der Waals surface area contributed by atoms with Gasteiger partial charge in [0.15, 0.2) is 5.82 Å². The van der Waals surface area contributed by atoms with Crippen LogP contribution >= 0.6 is 27.7 Å². The Kier molecular flexibility index (Phi) is 7.71. The lowest BCUT2D eigenvalue weighted by atomic mass is 10.1. The van der Waals surface area contributed by atoms with Crippen LogP contribution in [0.4, 0.5) is 5.82 Å². The molecule has 140 valence electrons. The second-order valence-electron chi connectivity index (χ2n) is 6.14. The van der Waals surface area contributed by atoms with Gasteiger partial charge in [-0.15, -0.1) is 0 Å². The van der Waals surface area contributed by atoms with Crippen molar-refractivity contribution < 1.29 is 9.59 Å². The molecule has 0 aliphatic heterocycles. The number of H-pyrrole nitrogens is 1. The Bertz CT molecular complexity index is 763. The van der Waals surface area contributed by atoms with Crippen molar-refractivity contribution in [3.63, 3.8) is 0 Å². The molecule has 0 radical (unpaired) electrons. The first-order valence-corrected chi connectivity index (χ1v) is 10.5. The number of hydrogen-bond donors (Lipinski definition) is 3. The Hall–Kier alpha value is -1.80. The van der Waals surface area contributed by atoms with E-state index in [2.05, 4.69) is 36.8 Å². The van der Waals surface area contributed by atoms with E-state index in [9.17, 15) is 9.59 Å². The molecule has 1 aromatic heterocycles. The van der Waals surface area contributed by atoms with Gasteiger partial charge in [-0.25, -0.2) is 0 Å². The highest BCUT2D eigenvalue weighted by atomic mass is 79.9. The van der Waals surface area contributed by atoms with Gasteiger partial charge in [0.1, 0.15) is 6.04 Å². The quantitative estimate of drug-likeness (QED) is 0.584. The third-order valence-electron chi connectivity index (χ3n) is 3.82. The van der Waals surface area contributed by atoms with E-state index in [0.717, 1.165) is 11.4 Å². The summed E-state index contributed by atoms with van der Waals surface area (Å²) in [6.07, 6.45) is 2.50. The second kappa shape index (κ2) is 9.78. The molecule has 1 aromatic carbocycles. The van der Waals surface area contributed by atoms with E-state index >= 15 is 0 Å². The summed E-state index contributed by atoms with van der Waals surface area (Å²) in [4.78, 5) is 25.2. The van der Waals surface area contributed by atoms with Crippen molar-refractivity contribution in [2.24, 2.45) is 0 Å². The van der Waals surface area contributed by atoms with Crippen molar-refractivity contribution in [2.45, 2.75) is 32.2 Å². The molecular weight excluding hydrogens is 416 g/mol. The van der Waals surface area contributed by atoms with Crippen LogP contribution in [0.3, 0.4) is 0 Å². The highest BCUT2D eigenvalue weighted by molar-refractivity contribution is 9.10. The van der Waals surface area contributed by atoms with Crippen LogP contribution in [0.25, 0.3) is 0 Å². The van der Waals surface area contributed by atoms with Crippen LogP contribution in [0.2, 0.25) is 0 Å². The van der Waals surface area contributed by atoms with Crippen molar-refractivity contribution in [1.29, 1.82) is 0 Å². The molecule has 2 amide bonds. The molecular formula is C18H23BrN4O2S. The maximum absolute atomic E-state index is 12.6. The van der Waals surface area contributed by atoms with Gasteiger partial charge in [-0.05, 0) is 52.4 Å². The average Bonchev–Trinajstić information content (AvgIpc) is 3.07. The van der Waals surface area contributed by atoms with Crippen LogP contribution in [0.1, 0.15) is 42.2 Å². The Morgan fingerprint density at radius 2 is 2.04 bits per heavy atom. The molecule has 1 unspecified atom stereocenters. The number of nitrogens with one attached hydrogen (secondary N) is 3. The molecule has 0 fully saturated rings. The zero-order chi connectivity index (χ0) is 19.1.